The first-order chi connectivity index (χ1) is 16.4. The van der Waals surface area contributed by atoms with Gasteiger partial charge in [0, 0.05) is 12.2 Å². The number of para-hydroxylation sites is 1. The number of nitrogens with one attached hydrogen (secondary N) is 2. The smallest absolute Gasteiger partial charge is 0.408 e. The second kappa shape index (κ2) is 12.4. The third-order valence-corrected chi connectivity index (χ3v) is 5.50. The lowest BCUT2D eigenvalue weighted by Gasteiger charge is -2.32. The van der Waals surface area contributed by atoms with Gasteiger partial charge in [-0.2, -0.15) is 0 Å². The molecule has 2 aromatic carbocycles. The number of hydrogen-bond acceptors (Lipinski definition) is 4. The van der Waals surface area contributed by atoms with Gasteiger partial charge in [0.2, 0.25) is 5.91 Å². The van der Waals surface area contributed by atoms with Crippen LogP contribution >= 0.6 is 0 Å². The number of carbonyl (C=O) groups is 3. The Morgan fingerprint density at radius 3 is 2.20 bits per heavy atom. The van der Waals surface area contributed by atoms with Crippen LogP contribution in [-0.4, -0.2) is 41.5 Å². The van der Waals surface area contributed by atoms with Gasteiger partial charge in [0.1, 0.15) is 18.2 Å². The topological polar surface area (TPSA) is 87.7 Å². The van der Waals surface area contributed by atoms with E-state index >= 15 is 0 Å². The highest BCUT2D eigenvalue weighted by atomic mass is 16.6. The minimum Gasteiger partial charge on any atom is -0.444 e. The largest absolute Gasteiger partial charge is 0.444 e. The monoisotopic (exact) mass is 481 g/mol. The molecule has 35 heavy (non-hydrogen) atoms. The van der Waals surface area contributed by atoms with Crippen molar-refractivity contribution in [2.45, 2.75) is 73.0 Å². The molecular weight excluding hydrogens is 442 g/mol. The van der Waals surface area contributed by atoms with Gasteiger partial charge in [-0.25, -0.2) is 4.79 Å². The van der Waals surface area contributed by atoms with Gasteiger partial charge in [-0.1, -0.05) is 61.4 Å². The number of benzene rings is 2. The van der Waals surface area contributed by atoms with Crippen molar-refractivity contribution in [3.63, 3.8) is 0 Å². The van der Waals surface area contributed by atoms with Crippen molar-refractivity contribution in [2.75, 3.05) is 18.4 Å². The van der Waals surface area contributed by atoms with Crippen LogP contribution in [0.15, 0.2) is 42.5 Å². The Morgan fingerprint density at radius 2 is 1.63 bits per heavy atom. The Kier molecular flexibility index (Phi) is 9.87. The molecule has 2 N–H and O–H groups in total. The minimum atomic E-state index is -0.853. The quantitative estimate of drug-likeness (QED) is 0.499. The van der Waals surface area contributed by atoms with E-state index in [9.17, 15) is 14.4 Å². The summed E-state index contributed by atoms with van der Waals surface area (Å²) in [4.78, 5) is 40.8. The van der Waals surface area contributed by atoms with Gasteiger partial charge in [-0.3, -0.25) is 9.59 Å². The first kappa shape index (κ1) is 27.9. The Bertz CT molecular complexity index is 1020. The summed E-state index contributed by atoms with van der Waals surface area (Å²) in [7, 11) is 0. The van der Waals surface area contributed by atoms with Crippen LogP contribution in [0.3, 0.4) is 0 Å². The summed E-state index contributed by atoms with van der Waals surface area (Å²) in [6, 6.07) is 12.6. The molecule has 0 saturated carbocycles. The van der Waals surface area contributed by atoms with E-state index in [1.54, 1.807) is 25.7 Å². The zero-order chi connectivity index (χ0) is 26.2. The van der Waals surface area contributed by atoms with Gasteiger partial charge < -0.3 is 20.3 Å². The molecule has 190 valence electrons. The highest BCUT2D eigenvalue weighted by Crippen LogP contribution is 2.27. The van der Waals surface area contributed by atoms with Crippen LogP contribution in [0, 0.1) is 20.8 Å². The number of alkyl carbamates (subject to hydrolysis) is 1. The molecule has 0 bridgehead atoms. The SMILES string of the molecule is CCCCN(C(=O)CNC(=O)OC(C)(C)C)C(C(=O)Nc1c(C)cccc1C)c1cccc(C)c1. The summed E-state index contributed by atoms with van der Waals surface area (Å²) in [5, 5.41) is 5.60. The molecular formula is C28H39N3O4. The highest BCUT2D eigenvalue weighted by Gasteiger charge is 2.32. The number of ether oxygens (including phenoxy) is 1. The van der Waals surface area contributed by atoms with E-state index in [1.807, 2.05) is 70.2 Å². The maximum absolute atomic E-state index is 13.7. The normalized spacial score (nSPS) is 12.0. The van der Waals surface area contributed by atoms with E-state index in [0.717, 1.165) is 40.8 Å². The second-order valence-electron chi connectivity index (χ2n) is 9.87. The number of amides is 3. The molecule has 0 spiro atoms. The van der Waals surface area contributed by atoms with Crippen molar-refractivity contribution in [1.29, 1.82) is 0 Å². The van der Waals surface area contributed by atoms with Crippen molar-refractivity contribution in [3.05, 3.63) is 64.7 Å². The van der Waals surface area contributed by atoms with E-state index in [-0.39, 0.29) is 18.4 Å². The maximum atomic E-state index is 13.7. The Balaban J connectivity index is 2.39. The molecule has 0 radical (unpaired) electrons. The molecule has 3 amide bonds. The second-order valence-corrected chi connectivity index (χ2v) is 9.87. The number of carbonyl (C=O) groups excluding carboxylic acids is 3. The molecule has 1 unspecified atom stereocenters. The third-order valence-electron chi connectivity index (χ3n) is 5.50. The van der Waals surface area contributed by atoms with Crippen LogP contribution in [-0.2, 0) is 14.3 Å². The van der Waals surface area contributed by atoms with E-state index in [0.29, 0.717) is 6.54 Å². The fraction of sp³-hybridized carbons (Fsp3) is 0.464. The summed E-state index contributed by atoms with van der Waals surface area (Å²) in [5.74, 6) is -0.651. The summed E-state index contributed by atoms with van der Waals surface area (Å²) in [6.07, 6.45) is 0.896. The number of unbranched alkanes of at least 4 members (excludes halogenated alkanes) is 1. The summed E-state index contributed by atoms with van der Waals surface area (Å²) in [6.45, 7) is 13.2. The number of anilines is 1. The molecule has 0 aliphatic carbocycles. The molecule has 0 heterocycles. The predicted octanol–water partition coefficient (Wildman–Crippen LogP) is 5.45. The average molecular weight is 482 g/mol. The fourth-order valence-electron chi connectivity index (χ4n) is 3.81. The molecule has 7 heteroatoms. The highest BCUT2D eigenvalue weighted by molar-refractivity contribution is 5.99. The number of nitrogens with zero attached hydrogens (tertiary/aromatic N) is 1. The lowest BCUT2D eigenvalue weighted by atomic mass is 10.0. The van der Waals surface area contributed by atoms with Crippen LogP contribution in [0.5, 0.6) is 0 Å². The van der Waals surface area contributed by atoms with Gasteiger partial charge >= 0.3 is 6.09 Å². The van der Waals surface area contributed by atoms with Crippen LogP contribution in [0.25, 0.3) is 0 Å². The van der Waals surface area contributed by atoms with Crippen molar-refractivity contribution < 1.29 is 19.1 Å². The summed E-state index contributed by atoms with van der Waals surface area (Å²) < 4.78 is 5.26. The van der Waals surface area contributed by atoms with Crippen molar-refractivity contribution in [3.8, 4) is 0 Å². The van der Waals surface area contributed by atoms with Gasteiger partial charge in [0.05, 0.1) is 0 Å². The molecule has 0 saturated heterocycles. The van der Waals surface area contributed by atoms with E-state index in [4.69, 9.17) is 4.74 Å². The van der Waals surface area contributed by atoms with Crippen molar-refractivity contribution >= 4 is 23.6 Å². The molecule has 0 fully saturated rings. The van der Waals surface area contributed by atoms with Gasteiger partial charge in [-0.05, 0) is 64.7 Å². The Morgan fingerprint density at radius 1 is 1.00 bits per heavy atom. The number of rotatable bonds is 9. The lowest BCUT2D eigenvalue weighted by Crippen LogP contribution is -2.47. The standard InChI is InChI=1S/C28H39N3O4/c1-8-9-16-31(23(32)18-29-27(34)35-28(5,6)7)25(22-15-10-12-19(2)17-22)26(33)30-24-20(3)13-11-14-21(24)4/h10-15,17,25H,8-9,16,18H2,1-7H3,(H,29,34)(H,30,33). The molecule has 7 nitrogen and oxygen atoms in total. The molecule has 0 aromatic heterocycles. The first-order valence-corrected chi connectivity index (χ1v) is 12.1. The Labute approximate surface area is 209 Å². The van der Waals surface area contributed by atoms with Crippen molar-refractivity contribution in [1.82, 2.24) is 10.2 Å². The van der Waals surface area contributed by atoms with Gasteiger partial charge in [0.25, 0.3) is 5.91 Å². The Hall–Kier alpha value is -3.35. The minimum absolute atomic E-state index is 0.266. The summed E-state index contributed by atoms with van der Waals surface area (Å²) >= 11 is 0. The summed E-state index contributed by atoms with van der Waals surface area (Å²) in [5.41, 5.74) is 3.66. The van der Waals surface area contributed by atoms with E-state index in [1.165, 1.54) is 0 Å². The van der Waals surface area contributed by atoms with E-state index in [2.05, 4.69) is 10.6 Å². The molecule has 1 atom stereocenters. The molecule has 2 rings (SSSR count). The molecule has 0 aliphatic heterocycles. The third kappa shape index (κ3) is 8.42. The van der Waals surface area contributed by atoms with Crippen LogP contribution in [0.1, 0.15) is 68.8 Å². The van der Waals surface area contributed by atoms with Crippen LogP contribution < -0.4 is 10.6 Å². The number of aryl methyl sites for hydroxylation is 3. The van der Waals surface area contributed by atoms with Crippen LogP contribution in [0.4, 0.5) is 10.5 Å². The molecule has 0 aliphatic rings. The van der Waals surface area contributed by atoms with Gasteiger partial charge in [-0.15, -0.1) is 0 Å². The van der Waals surface area contributed by atoms with Crippen LogP contribution in [0.2, 0.25) is 0 Å². The lowest BCUT2D eigenvalue weighted by molar-refractivity contribution is -0.138. The molecule has 2 aromatic rings. The first-order valence-electron chi connectivity index (χ1n) is 12.1. The predicted molar refractivity (Wildman–Crippen MR) is 139 cm³/mol. The van der Waals surface area contributed by atoms with E-state index < -0.39 is 17.7 Å². The fourth-order valence-corrected chi connectivity index (χ4v) is 3.81. The van der Waals surface area contributed by atoms with Crippen molar-refractivity contribution in [2.24, 2.45) is 0 Å². The average Bonchev–Trinajstić information content (AvgIpc) is 2.76. The van der Waals surface area contributed by atoms with Gasteiger partial charge in [0.15, 0.2) is 0 Å². The number of hydrogen-bond donors (Lipinski definition) is 2. The maximum Gasteiger partial charge on any atom is 0.408 e. The zero-order valence-electron chi connectivity index (χ0n) is 22.0. The zero-order valence-corrected chi connectivity index (χ0v) is 22.0.